The van der Waals surface area contributed by atoms with Gasteiger partial charge in [-0.25, -0.2) is 0 Å². The van der Waals surface area contributed by atoms with E-state index in [0.717, 1.165) is 22.3 Å². The monoisotopic (exact) mass is 302 g/mol. The molecule has 114 valence electrons. The second-order valence-electron chi connectivity index (χ2n) is 5.13. The summed E-state index contributed by atoms with van der Waals surface area (Å²) in [4.78, 5) is 0. The van der Waals surface area contributed by atoms with Crippen LogP contribution in [0.1, 0.15) is 5.56 Å². The second-order valence-corrected chi connectivity index (χ2v) is 5.13. The maximum atomic E-state index is 8.54. The molecule has 0 saturated carbocycles. The highest BCUT2D eigenvalue weighted by molar-refractivity contribution is 5.92. The summed E-state index contributed by atoms with van der Waals surface area (Å²) < 4.78 is 0. The van der Waals surface area contributed by atoms with Crippen LogP contribution in [0.25, 0.3) is 22.2 Å². The molecule has 3 nitrogen and oxygen atoms in total. The Hall–Kier alpha value is -2.91. The highest BCUT2D eigenvalue weighted by atomic mass is 16.3. The maximum Gasteiger partial charge on any atom is 0.0999 e. The number of aliphatic hydroxyl groups excluding tert-OH is 1. The summed E-state index contributed by atoms with van der Waals surface area (Å²) >= 11 is 0. The lowest BCUT2D eigenvalue weighted by Gasteiger charge is -1.95. The number of hydrogen-bond acceptors (Lipinski definition) is 2. The third-order valence-electron chi connectivity index (χ3n) is 3.54. The van der Waals surface area contributed by atoms with Crippen molar-refractivity contribution < 1.29 is 5.11 Å². The number of nitrogens with one attached hydrogen (secondary N) is 1. The minimum atomic E-state index is 0.140. The lowest BCUT2D eigenvalue weighted by molar-refractivity contribution is 0.282. The number of aromatic nitrogens is 2. The molecule has 0 saturated heterocycles. The molecule has 0 atom stereocenters. The molecule has 3 heteroatoms. The van der Waals surface area contributed by atoms with Gasteiger partial charge in [-0.1, -0.05) is 78.9 Å². The maximum absolute atomic E-state index is 8.54. The van der Waals surface area contributed by atoms with Gasteiger partial charge < -0.3 is 5.11 Å². The molecular formula is C20H18N2O. The Kier molecular flexibility index (Phi) is 4.82. The number of aromatic amines is 1. The first-order chi connectivity index (χ1) is 11.4. The third kappa shape index (κ3) is 3.65. The molecule has 2 N–H and O–H groups in total. The fraction of sp³-hybridized carbons (Fsp3) is 0.0500. The first-order valence-corrected chi connectivity index (χ1v) is 7.52. The van der Waals surface area contributed by atoms with E-state index in [0.29, 0.717) is 0 Å². The number of benzene rings is 3. The molecule has 0 radical (unpaired) electrons. The Balaban J connectivity index is 0.000000166. The molecule has 0 fully saturated rings. The van der Waals surface area contributed by atoms with Crippen molar-refractivity contribution in [1.82, 2.24) is 10.2 Å². The summed E-state index contributed by atoms with van der Waals surface area (Å²) in [5, 5.41) is 17.1. The zero-order chi connectivity index (χ0) is 15.9. The zero-order valence-electron chi connectivity index (χ0n) is 12.7. The van der Waals surface area contributed by atoms with Crippen molar-refractivity contribution in [2.75, 3.05) is 0 Å². The zero-order valence-corrected chi connectivity index (χ0v) is 12.7. The van der Waals surface area contributed by atoms with Gasteiger partial charge in [0, 0.05) is 10.9 Å². The Morgan fingerprint density at radius 2 is 1.35 bits per heavy atom. The van der Waals surface area contributed by atoms with Gasteiger partial charge >= 0.3 is 0 Å². The van der Waals surface area contributed by atoms with Crippen molar-refractivity contribution in [2.24, 2.45) is 0 Å². The molecule has 1 aromatic heterocycles. The molecule has 0 aliphatic carbocycles. The number of nitrogens with zero attached hydrogens (tertiary/aromatic N) is 1. The smallest absolute Gasteiger partial charge is 0.0999 e. The molecule has 0 unspecified atom stereocenters. The van der Waals surface area contributed by atoms with Crippen LogP contribution in [0.15, 0.2) is 84.9 Å². The molecule has 0 bridgehead atoms. The summed E-state index contributed by atoms with van der Waals surface area (Å²) in [7, 11) is 0. The first kappa shape index (κ1) is 15.0. The van der Waals surface area contributed by atoms with E-state index in [1.54, 1.807) is 0 Å². The van der Waals surface area contributed by atoms with Crippen molar-refractivity contribution in [3.05, 3.63) is 90.5 Å². The summed E-state index contributed by atoms with van der Waals surface area (Å²) in [5.41, 5.74) is 4.21. The van der Waals surface area contributed by atoms with E-state index in [1.165, 1.54) is 5.39 Å². The van der Waals surface area contributed by atoms with E-state index in [-0.39, 0.29) is 6.61 Å². The molecule has 4 rings (SSSR count). The van der Waals surface area contributed by atoms with Gasteiger partial charge in [0.15, 0.2) is 0 Å². The molecular weight excluding hydrogens is 284 g/mol. The molecule has 0 amide bonds. The van der Waals surface area contributed by atoms with Gasteiger partial charge in [-0.05, 0) is 11.6 Å². The van der Waals surface area contributed by atoms with Crippen molar-refractivity contribution in [1.29, 1.82) is 0 Å². The predicted octanol–water partition coefficient (Wildman–Crippen LogP) is 4.41. The topological polar surface area (TPSA) is 48.9 Å². The summed E-state index contributed by atoms with van der Waals surface area (Å²) in [6, 6.07) is 27.9. The lowest BCUT2D eigenvalue weighted by Crippen LogP contribution is -1.77. The van der Waals surface area contributed by atoms with Crippen LogP contribution in [-0.4, -0.2) is 15.3 Å². The average molecular weight is 302 g/mol. The second kappa shape index (κ2) is 7.38. The van der Waals surface area contributed by atoms with E-state index >= 15 is 0 Å². The quantitative estimate of drug-likeness (QED) is 0.576. The summed E-state index contributed by atoms with van der Waals surface area (Å²) in [6.45, 7) is 0.140. The SMILES string of the molecule is OCc1ccccc1.c1ccc(-c2n[nH]c3ccccc23)cc1. The number of rotatable bonds is 2. The minimum Gasteiger partial charge on any atom is -0.392 e. The van der Waals surface area contributed by atoms with Crippen LogP contribution in [0.2, 0.25) is 0 Å². The fourth-order valence-electron chi connectivity index (χ4n) is 2.36. The number of para-hydroxylation sites is 1. The number of H-pyrrole nitrogens is 1. The molecule has 3 aromatic carbocycles. The number of aliphatic hydroxyl groups is 1. The summed E-state index contributed by atoms with van der Waals surface area (Å²) in [5.74, 6) is 0. The van der Waals surface area contributed by atoms with Crippen molar-refractivity contribution in [2.45, 2.75) is 6.61 Å². The Morgan fingerprint density at radius 1 is 0.739 bits per heavy atom. The van der Waals surface area contributed by atoms with E-state index in [2.05, 4.69) is 28.4 Å². The van der Waals surface area contributed by atoms with Crippen LogP contribution in [0.3, 0.4) is 0 Å². The van der Waals surface area contributed by atoms with Crippen molar-refractivity contribution in [3.8, 4) is 11.3 Å². The highest BCUT2D eigenvalue weighted by Crippen LogP contribution is 2.25. The fourth-order valence-corrected chi connectivity index (χ4v) is 2.36. The van der Waals surface area contributed by atoms with E-state index in [9.17, 15) is 0 Å². The predicted molar refractivity (Wildman–Crippen MR) is 93.9 cm³/mol. The Labute approximate surface area is 135 Å². The minimum absolute atomic E-state index is 0.140. The molecule has 0 aliphatic rings. The van der Waals surface area contributed by atoms with Crippen LogP contribution >= 0.6 is 0 Å². The average Bonchev–Trinajstić information content (AvgIpc) is 3.08. The van der Waals surface area contributed by atoms with Gasteiger partial charge in [0.1, 0.15) is 0 Å². The van der Waals surface area contributed by atoms with Crippen molar-refractivity contribution >= 4 is 10.9 Å². The molecule has 1 heterocycles. The molecule has 0 aliphatic heterocycles. The lowest BCUT2D eigenvalue weighted by atomic mass is 10.1. The van der Waals surface area contributed by atoms with Gasteiger partial charge in [-0.15, -0.1) is 0 Å². The van der Waals surface area contributed by atoms with E-state index < -0.39 is 0 Å². The summed E-state index contributed by atoms with van der Waals surface area (Å²) in [6.07, 6.45) is 0. The molecule has 4 aromatic rings. The van der Waals surface area contributed by atoms with E-state index in [4.69, 9.17) is 5.11 Å². The van der Waals surface area contributed by atoms with E-state index in [1.807, 2.05) is 66.7 Å². The first-order valence-electron chi connectivity index (χ1n) is 7.52. The van der Waals surface area contributed by atoms with Gasteiger partial charge in [0.2, 0.25) is 0 Å². The van der Waals surface area contributed by atoms with Gasteiger partial charge in [-0.2, -0.15) is 5.10 Å². The number of fused-ring (bicyclic) bond motifs is 1. The van der Waals surface area contributed by atoms with Crippen LogP contribution in [0.4, 0.5) is 0 Å². The molecule has 0 spiro atoms. The standard InChI is InChI=1S/C13H10N2.C7H8O/c1-2-6-10(7-3-1)13-11-8-4-5-9-12(11)14-15-13;8-6-7-4-2-1-3-5-7/h1-9H,(H,14,15);1-5,8H,6H2. The normalized spacial score (nSPS) is 10.1. The van der Waals surface area contributed by atoms with Crippen LogP contribution in [-0.2, 0) is 6.61 Å². The Morgan fingerprint density at radius 3 is 2.00 bits per heavy atom. The van der Waals surface area contributed by atoms with Crippen molar-refractivity contribution in [3.63, 3.8) is 0 Å². The van der Waals surface area contributed by atoms with Crippen LogP contribution in [0, 0.1) is 0 Å². The largest absolute Gasteiger partial charge is 0.392 e. The Bertz CT molecular complexity index is 854. The van der Waals surface area contributed by atoms with Gasteiger partial charge in [0.25, 0.3) is 0 Å². The van der Waals surface area contributed by atoms with Crippen LogP contribution < -0.4 is 0 Å². The van der Waals surface area contributed by atoms with Gasteiger partial charge in [-0.3, -0.25) is 5.10 Å². The number of hydrogen-bond donors (Lipinski definition) is 2. The third-order valence-corrected chi connectivity index (χ3v) is 3.54. The molecule has 23 heavy (non-hydrogen) atoms. The van der Waals surface area contributed by atoms with Gasteiger partial charge in [0.05, 0.1) is 17.8 Å². The van der Waals surface area contributed by atoms with Crippen LogP contribution in [0.5, 0.6) is 0 Å². The highest BCUT2D eigenvalue weighted by Gasteiger charge is 2.05.